The Morgan fingerprint density at radius 3 is 2.76 bits per heavy atom. The van der Waals surface area contributed by atoms with E-state index in [0.717, 1.165) is 0 Å². The number of halogens is 1. The number of sulfone groups is 1. The van der Waals surface area contributed by atoms with Crippen molar-refractivity contribution in [2.24, 2.45) is 0 Å². The zero-order valence-electron chi connectivity index (χ0n) is 11.4. The molecule has 0 spiro atoms. The molecule has 1 N–H and O–H groups in total. The van der Waals surface area contributed by atoms with Crippen LogP contribution in [0.4, 0.5) is 4.39 Å². The number of nitrogens with one attached hydrogen (secondary N) is 1. The van der Waals surface area contributed by atoms with Crippen LogP contribution in [-0.4, -0.2) is 26.0 Å². The fourth-order valence-corrected chi connectivity index (χ4v) is 4.19. The summed E-state index contributed by atoms with van der Waals surface area (Å²) in [5.41, 5.74) is 0.423. The van der Waals surface area contributed by atoms with E-state index in [1.54, 1.807) is 30.3 Å². The summed E-state index contributed by atoms with van der Waals surface area (Å²) in [5.74, 6) is 1.23. The third-order valence-electron chi connectivity index (χ3n) is 3.60. The van der Waals surface area contributed by atoms with Crippen LogP contribution in [0.15, 0.2) is 40.8 Å². The lowest BCUT2D eigenvalue weighted by Crippen LogP contribution is -2.29. The van der Waals surface area contributed by atoms with Crippen LogP contribution >= 0.6 is 0 Å². The number of hydrogen-bond donors (Lipinski definition) is 1. The van der Waals surface area contributed by atoms with E-state index >= 15 is 0 Å². The smallest absolute Gasteiger partial charge is 0.151 e. The molecular formula is C15H16FNO3S. The van der Waals surface area contributed by atoms with Gasteiger partial charge in [0.15, 0.2) is 9.84 Å². The highest BCUT2D eigenvalue weighted by molar-refractivity contribution is 7.91. The maximum absolute atomic E-state index is 13.7. The molecule has 0 unspecified atom stereocenters. The van der Waals surface area contributed by atoms with Gasteiger partial charge in [-0.15, -0.1) is 0 Å². The fraction of sp³-hybridized carbons (Fsp3) is 0.333. The molecule has 4 nitrogen and oxygen atoms in total. The van der Waals surface area contributed by atoms with Crippen molar-refractivity contribution >= 4 is 9.84 Å². The zero-order chi connectivity index (χ0) is 14.9. The second-order valence-electron chi connectivity index (χ2n) is 5.23. The monoisotopic (exact) mass is 309 g/mol. The molecule has 0 radical (unpaired) electrons. The Morgan fingerprint density at radius 1 is 1.24 bits per heavy atom. The molecule has 2 heterocycles. The van der Waals surface area contributed by atoms with Crippen molar-refractivity contribution in [3.63, 3.8) is 0 Å². The Bertz CT molecular complexity index is 739. The van der Waals surface area contributed by atoms with Gasteiger partial charge in [-0.05, 0) is 30.7 Å². The van der Waals surface area contributed by atoms with E-state index < -0.39 is 9.84 Å². The Kier molecular flexibility index (Phi) is 3.82. The molecule has 1 aliphatic rings. The van der Waals surface area contributed by atoms with Crippen LogP contribution < -0.4 is 5.32 Å². The van der Waals surface area contributed by atoms with Gasteiger partial charge < -0.3 is 9.73 Å². The third kappa shape index (κ3) is 3.33. The molecule has 3 rings (SSSR count). The summed E-state index contributed by atoms with van der Waals surface area (Å²) in [7, 11) is -2.89. The quantitative estimate of drug-likeness (QED) is 0.942. The number of rotatable bonds is 4. The Morgan fingerprint density at radius 2 is 2.05 bits per heavy atom. The molecule has 112 valence electrons. The molecule has 0 amide bonds. The van der Waals surface area contributed by atoms with Crippen LogP contribution in [-0.2, 0) is 16.4 Å². The van der Waals surface area contributed by atoms with E-state index in [9.17, 15) is 12.8 Å². The Labute approximate surface area is 122 Å². The highest BCUT2D eigenvalue weighted by Gasteiger charge is 2.27. The van der Waals surface area contributed by atoms with Crippen LogP contribution in [0, 0.1) is 5.82 Å². The lowest BCUT2D eigenvalue weighted by atomic mass is 10.1. The van der Waals surface area contributed by atoms with Crippen molar-refractivity contribution in [1.82, 2.24) is 5.32 Å². The average Bonchev–Trinajstić information content (AvgIpc) is 3.03. The second-order valence-corrected chi connectivity index (χ2v) is 7.46. The maximum Gasteiger partial charge on any atom is 0.151 e. The second kappa shape index (κ2) is 5.61. The average molecular weight is 309 g/mol. The summed E-state index contributed by atoms with van der Waals surface area (Å²) in [5, 5.41) is 3.17. The predicted octanol–water partition coefficient (Wildman–Crippen LogP) is 2.36. The van der Waals surface area contributed by atoms with Gasteiger partial charge in [0.25, 0.3) is 0 Å². The van der Waals surface area contributed by atoms with Crippen LogP contribution in [0.1, 0.15) is 12.2 Å². The summed E-state index contributed by atoms with van der Waals surface area (Å²) in [6.07, 6.45) is 0.628. The van der Waals surface area contributed by atoms with Crippen molar-refractivity contribution in [3.05, 3.63) is 48.0 Å². The Balaban J connectivity index is 1.65. The molecular weight excluding hydrogens is 293 g/mol. The van der Waals surface area contributed by atoms with E-state index in [-0.39, 0.29) is 23.4 Å². The van der Waals surface area contributed by atoms with E-state index in [2.05, 4.69) is 5.32 Å². The van der Waals surface area contributed by atoms with E-state index in [4.69, 9.17) is 4.42 Å². The summed E-state index contributed by atoms with van der Waals surface area (Å²) in [6.45, 7) is 0.439. The largest absolute Gasteiger partial charge is 0.460 e. The molecule has 2 aromatic rings. The normalized spacial score (nSPS) is 20.7. The van der Waals surface area contributed by atoms with Gasteiger partial charge in [0, 0.05) is 6.04 Å². The fourth-order valence-electron chi connectivity index (χ4n) is 2.48. The van der Waals surface area contributed by atoms with E-state index in [0.29, 0.717) is 30.0 Å². The van der Waals surface area contributed by atoms with Gasteiger partial charge in [-0.1, -0.05) is 12.1 Å². The Hall–Kier alpha value is -1.66. The van der Waals surface area contributed by atoms with Gasteiger partial charge >= 0.3 is 0 Å². The molecule has 21 heavy (non-hydrogen) atoms. The molecule has 0 bridgehead atoms. The van der Waals surface area contributed by atoms with Gasteiger partial charge in [0.1, 0.15) is 17.3 Å². The number of hydrogen-bond acceptors (Lipinski definition) is 4. The summed E-state index contributed by atoms with van der Waals surface area (Å²) >= 11 is 0. The van der Waals surface area contributed by atoms with Crippen LogP contribution in [0.5, 0.6) is 0 Å². The first-order valence-electron chi connectivity index (χ1n) is 6.81. The molecule has 1 aromatic heterocycles. The van der Waals surface area contributed by atoms with Crippen molar-refractivity contribution in [3.8, 4) is 11.3 Å². The zero-order valence-corrected chi connectivity index (χ0v) is 12.2. The molecule has 1 aromatic carbocycles. The van der Waals surface area contributed by atoms with Crippen molar-refractivity contribution in [2.75, 3.05) is 11.5 Å². The molecule has 0 aliphatic carbocycles. The highest BCUT2D eigenvalue weighted by atomic mass is 32.2. The number of furan rings is 1. The van der Waals surface area contributed by atoms with Crippen molar-refractivity contribution < 1.29 is 17.2 Å². The molecule has 1 aliphatic heterocycles. The van der Waals surface area contributed by atoms with E-state index in [1.165, 1.54) is 6.07 Å². The highest BCUT2D eigenvalue weighted by Crippen LogP contribution is 2.24. The predicted molar refractivity (Wildman–Crippen MR) is 78.0 cm³/mol. The van der Waals surface area contributed by atoms with Crippen LogP contribution in [0.3, 0.4) is 0 Å². The number of benzene rings is 1. The lowest BCUT2D eigenvalue weighted by Gasteiger charge is -2.08. The molecule has 1 atom stereocenters. The molecule has 0 saturated carbocycles. The van der Waals surface area contributed by atoms with E-state index in [1.807, 2.05) is 0 Å². The molecule has 1 saturated heterocycles. The third-order valence-corrected chi connectivity index (χ3v) is 5.37. The van der Waals surface area contributed by atoms with Crippen LogP contribution in [0.25, 0.3) is 11.3 Å². The van der Waals surface area contributed by atoms with Crippen molar-refractivity contribution in [2.45, 2.75) is 19.0 Å². The first kappa shape index (κ1) is 14.3. The summed E-state index contributed by atoms with van der Waals surface area (Å²) in [6, 6.07) is 9.90. The molecule has 1 fully saturated rings. The SMILES string of the molecule is O=S1(=O)CC[C@H](NCc2ccc(-c3ccccc3F)o2)C1. The minimum Gasteiger partial charge on any atom is -0.460 e. The molecule has 6 heteroatoms. The first-order chi connectivity index (χ1) is 10.0. The van der Waals surface area contributed by atoms with Gasteiger partial charge in [-0.2, -0.15) is 0 Å². The summed E-state index contributed by atoms with van der Waals surface area (Å²) in [4.78, 5) is 0. The van der Waals surface area contributed by atoms with Crippen molar-refractivity contribution in [1.29, 1.82) is 0 Å². The first-order valence-corrected chi connectivity index (χ1v) is 8.63. The van der Waals surface area contributed by atoms with Gasteiger partial charge in [-0.25, -0.2) is 12.8 Å². The minimum absolute atomic E-state index is 0.0305. The van der Waals surface area contributed by atoms with Crippen LogP contribution in [0.2, 0.25) is 0 Å². The van der Waals surface area contributed by atoms with Gasteiger partial charge in [-0.3, -0.25) is 0 Å². The van der Waals surface area contributed by atoms with Gasteiger partial charge in [0.2, 0.25) is 0 Å². The topological polar surface area (TPSA) is 59.3 Å². The summed E-state index contributed by atoms with van der Waals surface area (Å²) < 4.78 is 42.0. The standard InChI is InChI=1S/C15H16FNO3S/c16-14-4-2-1-3-13(14)15-6-5-12(20-15)9-17-11-7-8-21(18,19)10-11/h1-6,11,17H,7-10H2/t11-/m0/s1. The maximum atomic E-state index is 13.7. The lowest BCUT2D eigenvalue weighted by molar-refractivity contribution is 0.462. The van der Waals surface area contributed by atoms with Gasteiger partial charge in [0.05, 0.1) is 23.6 Å². The minimum atomic E-state index is -2.89.